The van der Waals surface area contributed by atoms with Gasteiger partial charge in [-0.05, 0) is 19.1 Å². The standard InChI is InChI=1S/C11H11NO/c1-3-4-11(13)12-10-7-5-9(2)6-8-10/h1,5-8H,4H2,2H3,(H,12,13). The largest absolute Gasteiger partial charge is 0.325 e. The quantitative estimate of drug-likeness (QED) is 0.680. The molecule has 0 aliphatic rings. The van der Waals surface area contributed by atoms with Crippen molar-refractivity contribution >= 4 is 11.6 Å². The summed E-state index contributed by atoms with van der Waals surface area (Å²) in [5.74, 6) is 2.14. The number of terminal acetylenes is 1. The zero-order valence-corrected chi connectivity index (χ0v) is 7.50. The highest BCUT2D eigenvalue weighted by Gasteiger charge is 1.98. The second-order valence-corrected chi connectivity index (χ2v) is 2.80. The molecule has 0 atom stereocenters. The summed E-state index contributed by atoms with van der Waals surface area (Å²) in [5.41, 5.74) is 1.95. The van der Waals surface area contributed by atoms with Crippen LogP contribution in [0.25, 0.3) is 0 Å². The minimum Gasteiger partial charge on any atom is -0.325 e. The van der Waals surface area contributed by atoms with Gasteiger partial charge >= 0.3 is 0 Å². The molecular weight excluding hydrogens is 162 g/mol. The summed E-state index contributed by atoms with van der Waals surface area (Å²) in [7, 11) is 0. The number of rotatable bonds is 2. The molecule has 2 nitrogen and oxygen atoms in total. The van der Waals surface area contributed by atoms with Gasteiger partial charge < -0.3 is 5.32 Å². The summed E-state index contributed by atoms with van der Waals surface area (Å²) in [6, 6.07) is 7.57. The van der Waals surface area contributed by atoms with E-state index in [2.05, 4.69) is 11.2 Å². The third kappa shape index (κ3) is 3.00. The van der Waals surface area contributed by atoms with Crippen molar-refractivity contribution in [2.24, 2.45) is 0 Å². The maximum absolute atomic E-state index is 11.0. The number of carbonyl (C=O) groups excluding carboxylic acids is 1. The van der Waals surface area contributed by atoms with Gasteiger partial charge in [0, 0.05) is 5.69 Å². The van der Waals surface area contributed by atoms with E-state index in [1.165, 1.54) is 0 Å². The van der Waals surface area contributed by atoms with Crippen LogP contribution < -0.4 is 5.32 Å². The lowest BCUT2D eigenvalue weighted by atomic mass is 10.2. The molecule has 0 saturated heterocycles. The Balaban J connectivity index is 2.60. The van der Waals surface area contributed by atoms with Crippen molar-refractivity contribution in [1.29, 1.82) is 0 Å². The molecule has 13 heavy (non-hydrogen) atoms. The van der Waals surface area contributed by atoms with Gasteiger partial charge in [0.05, 0.1) is 6.42 Å². The van der Waals surface area contributed by atoms with Gasteiger partial charge in [-0.3, -0.25) is 4.79 Å². The summed E-state index contributed by atoms with van der Waals surface area (Å²) in [5, 5.41) is 2.69. The summed E-state index contributed by atoms with van der Waals surface area (Å²) >= 11 is 0. The first-order chi connectivity index (χ1) is 6.22. The number of benzene rings is 1. The molecule has 0 radical (unpaired) electrons. The molecule has 1 aromatic rings. The second-order valence-electron chi connectivity index (χ2n) is 2.80. The van der Waals surface area contributed by atoms with Crippen LogP contribution in [0.2, 0.25) is 0 Å². The summed E-state index contributed by atoms with van der Waals surface area (Å²) in [6.07, 6.45) is 5.12. The number of carbonyl (C=O) groups is 1. The Labute approximate surface area is 78.0 Å². The number of hydrogen-bond donors (Lipinski definition) is 1. The van der Waals surface area contributed by atoms with E-state index in [0.717, 1.165) is 11.3 Å². The SMILES string of the molecule is C#CCC(=O)Nc1ccc(C)cc1. The lowest BCUT2D eigenvalue weighted by Gasteiger charge is -2.02. The van der Waals surface area contributed by atoms with Crippen molar-refractivity contribution in [2.75, 3.05) is 5.32 Å². The molecule has 0 spiro atoms. The van der Waals surface area contributed by atoms with E-state index in [-0.39, 0.29) is 12.3 Å². The molecule has 0 unspecified atom stereocenters. The van der Waals surface area contributed by atoms with Gasteiger partial charge in [0.2, 0.25) is 5.91 Å². The van der Waals surface area contributed by atoms with Crippen LogP contribution in [0, 0.1) is 19.3 Å². The average molecular weight is 173 g/mol. The van der Waals surface area contributed by atoms with Crippen LogP contribution in [0.15, 0.2) is 24.3 Å². The van der Waals surface area contributed by atoms with E-state index < -0.39 is 0 Å². The lowest BCUT2D eigenvalue weighted by molar-refractivity contribution is -0.115. The molecule has 1 rings (SSSR count). The lowest BCUT2D eigenvalue weighted by Crippen LogP contribution is -2.09. The fourth-order valence-electron chi connectivity index (χ4n) is 0.935. The van der Waals surface area contributed by atoms with E-state index in [1.807, 2.05) is 31.2 Å². The van der Waals surface area contributed by atoms with Crippen LogP contribution in [0.4, 0.5) is 5.69 Å². The highest BCUT2D eigenvalue weighted by Crippen LogP contribution is 2.08. The molecule has 0 fully saturated rings. The highest BCUT2D eigenvalue weighted by molar-refractivity contribution is 5.92. The molecule has 1 aromatic carbocycles. The molecule has 1 amide bonds. The van der Waals surface area contributed by atoms with Crippen LogP contribution in [0.5, 0.6) is 0 Å². The van der Waals surface area contributed by atoms with Gasteiger partial charge in [-0.2, -0.15) is 0 Å². The van der Waals surface area contributed by atoms with Gasteiger partial charge in [0.1, 0.15) is 0 Å². The Bertz CT molecular complexity index is 332. The molecule has 66 valence electrons. The van der Waals surface area contributed by atoms with Crippen LogP contribution in [0.1, 0.15) is 12.0 Å². The Hall–Kier alpha value is -1.75. The number of amides is 1. The Morgan fingerprint density at radius 1 is 1.46 bits per heavy atom. The zero-order chi connectivity index (χ0) is 9.68. The normalized spacial score (nSPS) is 8.92. The molecular formula is C11H11NO. The van der Waals surface area contributed by atoms with Crippen LogP contribution in [-0.2, 0) is 4.79 Å². The van der Waals surface area contributed by atoms with Crippen molar-refractivity contribution in [2.45, 2.75) is 13.3 Å². The number of aryl methyl sites for hydroxylation is 1. The Morgan fingerprint density at radius 3 is 2.62 bits per heavy atom. The Kier molecular flexibility index (Phi) is 3.10. The monoisotopic (exact) mass is 173 g/mol. The number of nitrogens with one attached hydrogen (secondary N) is 1. The van der Waals surface area contributed by atoms with Crippen LogP contribution >= 0.6 is 0 Å². The maximum atomic E-state index is 11.0. The van der Waals surface area contributed by atoms with E-state index in [9.17, 15) is 4.79 Å². The first kappa shape index (κ1) is 9.34. The minimum atomic E-state index is -0.147. The predicted octanol–water partition coefficient (Wildman–Crippen LogP) is 1.96. The zero-order valence-electron chi connectivity index (χ0n) is 7.50. The maximum Gasteiger partial charge on any atom is 0.236 e. The second kappa shape index (κ2) is 4.32. The summed E-state index contributed by atoms with van der Waals surface area (Å²) in [4.78, 5) is 11.0. The number of hydrogen-bond acceptors (Lipinski definition) is 1. The van der Waals surface area contributed by atoms with E-state index in [1.54, 1.807) is 0 Å². The van der Waals surface area contributed by atoms with Gasteiger partial charge in [-0.25, -0.2) is 0 Å². The fraction of sp³-hybridized carbons (Fsp3) is 0.182. The van der Waals surface area contributed by atoms with E-state index in [0.29, 0.717) is 0 Å². The summed E-state index contributed by atoms with van der Waals surface area (Å²) < 4.78 is 0. The molecule has 0 saturated carbocycles. The van der Waals surface area contributed by atoms with Crippen molar-refractivity contribution in [3.63, 3.8) is 0 Å². The van der Waals surface area contributed by atoms with Crippen molar-refractivity contribution in [3.8, 4) is 12.3 Å². The van der Waals surface area contributed by atoms with Gasteiger partial charge in [0.25, 0.3) is 0 Å². The molecule has 0 aliphatic carbocycles. The highest BCUT2D eigenvalue weighted by atomic mass is 16.1. The van der Waals surface area contributed by atoms with E-state index >= 15 is 0 Å². The van der Waals surface area contributed by atoms with Crippen LogP contribution in [-0.4, -0.2) is 5.91 Å². The first-order valence-electron chi connectivity index (χ1n) is 4.02. The topological polar surface area (TPSA) is 29.1 Å². The van der Waals surface area contributed by atoms with E-state index in [4.69, 9.17) is 6.42 Å². The third-order valence-electron chi connectivity index (χ3n) is 1.60. The fourth-order valence-corrected chi connectivity index (χ4v) is 0.935. The average Bonchev–Trinajstić information content (AvgIpc) is 2.09. The van der Waals surface area contributed by atoms with Crippen molar-refractivity contribution in [1.82, 2.24) is 0 Å². The van der Waals surface area contributed by atoms with Gasteiger partial charge in [0.15, 0.2) is 0 Å². The van der Waals surface area contributed by atoms with Crippen molar-refractivity contribution < 1.29 is 4.79 Å². The van der Waals surface area contributed by atoms with Crippen molar-refractivity contribution in [3.05, 3.63) is 29.8 Å². The molecule has 2 heteroatoms. The predicted molar refractivity (Wildman–Crippen MR) is 53.3 cm³/mol. The first-order valence-corrected chi connectivity index (χ1v) is 4.02. The number of anilines is 1. The third-order valence-corrected chi connectivity index (χ3v) is 1.60. The minimum absolute atomic E-state index is 0.119. The van der Waals surface area contributed by atoms with Gasteiger partial charge in [-0.1, -0.05) is 23.6 Å². The summed E-state index contributed by atoms with van der Waals surface area (Å²) in [6.45, 7) is 1.99. The molecule has 0 aromatic heterocycles. The van der Waals surface area contributed by atoms with Gasteiger partial charge in [-0.15, -0.1) is 6.42 Å². The molecule has 0 aliphatic heterocycles. The van der Waals surface area contributed by atoms with Crippen LogP contribution in [0.3, 0.4) is 0 Å². The molecule has 0 bridgehead atoms. The molecule has 0 heterocycles. The Morgan fingerprint density at radius 2 is 2.08 bits per heavy atom. The molecule has 1 N–H and O–H groups in total. The smallest absolute Gasteiger partial charge is 0.236 e.